The van der Waals surface area contributed by atoms with Gasteiger partial charge in [0, 0.05) is 0 Å². The lowest BCUT2D eigenvalue weighted by Gasteiger charge is -2.30. The van der Waals surface area contributed by atoms with Gasteiger partial charge >= 0.3 is 11.9 Å². The average Bonchev–Trinajstić information content (AvgIpc) is 2.44. The van der Waals surface area contributed by atoms with Crippen molar-refractivity contribution < 1.29 is 28.5 Å². The second kappa shape index (κ2) is 5.17. The van der Waals surface area contributed by atoms with E-state index in [-0.39, 0.29) is 0 Å². The number of hydrogen-bond acceptors (Lipinski definition) is 6. The summed E-state index contributed by atoms with van der Waals surface area (Å²) in [6.45, 7) is 1.88. The Morgan fingerprint density at radius 3 is 2.05 bits per heavy atom. The standard InChI is InChI=1S/C13H14O6/c1-7-4-5-8-9(6-7)19-11(13(15)17-3)10(18-8)12(14)16-2/h4-6,10-11H,1-3H3. The molecule has 1 heterocycles. The van der Waals surface area contributed by atoms with E-state index in [1.807, 2.05) is 13.0 Å². The zero-order valence-electron chi connectivity index (χ0n) is 10.8. The van der Waals surface area contributed by atoms with Crippen molar-refractivity contribution in [3.05, 3.63) is 23.8 Å². The molecular weight excluding hydrogens is 252 g/mol. The number of fused-ring (bicyclic) bond motifs is 1. The molecule has 0 saturated heterocycles. The first-order chi connectivity index (χ1) is 9.06. The number of hydrogen-bond donors (Lipinski definition) is 0. The van der Waals surface area contributed by atoms with E-state index in [1.54, 1.807) is 12.1 Å². The Balaban J connectivity index is 2.36. The summed E-state index contributed by atoms with van der Waals surface area (Å²) >= 11 is 0. The molecule has 1 aromatic carbocycles. The van der Waals surface area contributed by atoms with E-state index in [0.717, 1.165) is 5.56 Å². The molecule has 6 nitrogen and oxygen atoms in total. The molecular formula is C13H14O6. The number of carbonyl (C=O) groups excluding carboxylic acids is 2. The van der Waals surface area contributed by atoms with Gasteiger partial charge in [-0.05, 0) is 24.6 Å². The first kappa shape index (κ1) is 13.2. The fourth-order valence-corrected chi connectivity index (χ4v) is 1.78. The normalized spacial score (nSPS) is 20.6. The Bertz CT molecular complexity index is 510. The van der Waals surface area contributed by atoms with Crippen LogP contribution in [0.3, 0.4) is 0 Å². The van der Waals surface area contributed by atoms with Gasteiger partial charge in [-0.3, -0.25) is 0 Å². The SMILES string of the molecule is COC(=O)C1Oc2ccc(C)cc2OC1C(=O)OC. The molecule has 0 bridgehead atoms. The predicted octanol–water partition coefficient (Wildman–Crippen LogP) is 0.849. The van der Waals surface area contributed by atoms with Crippen LogP contribution in [-0.4, -0.2) is 38.4 Å². The third-order valence-corrected chi connectivity index (χ3v) is 2.75. The smallest absolute Gasteiger partial charge is 0.351 e. The first-order valence-electron chi connectivity index (χ1n) is 5.66. The number of ether oxygens (including phenoxy) is 4. The Kier molecular flexibility index (Phi) is 3.59. The van der Waals surface area contributed by atoms with Crippen LogP contribution in [0.1, 0.15) is 5.56 Å². The zero-order chi connectivity index (χ0) is 14.0. The van der Waals surface area contributed by atoms with Crippen molar-refractivity contribution in [2.24, 2.45) is 0 Å². The van der Waals surface area contributed by atoms with Crippen LogP contribution >= 0.6 is 0 Å². The molecule has 0 fully saturated rings. The quantitative estimate of drug-likeness (QED) is 0.739. The molecule has 19 heavy (non-hydrogen) atoms. The van der Waals surface area contributed by atoms with Crippen LogP contribution in [-0.2, 0) is 19.1 Å². The van der Waals surface area contributed by atoms with Gasteiger partial charge in [-0.15, -0.1) is 0 Å². The van der Waals surface area contributed by atoms with Crippen LogP contribution < -0.4 is 9.47 Å². The van der Waals surface area contributed by atoms with E-state index in [4.69, 9.17) is 9.47 Å². The second-order valence-electron chi connectivity index (χ2n) is 4.07. The maximum absolute atomic E-state index is 11.7. The Morgan fingerprint density at radius 2 is 1.53 bits per heavy atom. The summed E-state index contributed by atoms with van der Waals surface area (Å²) in [6.07, 6.45) is -2.35. The lowest BCUT2D eigenvalue weighted by atomic mass is 10.1. The largest absolute Gasteiger partial charge is 0.470 e. The minimum Gasteiger partial charge on any atom is -0.470 e. The molecule has 0 N–H and O–H groups in total. The number of aryl methyl sites for hydroxylation is 1. The minimum absolute atomic E-state index is 0.390. The van der Waals surface area contributed by atoms with Crippen molar-refractivity contribution in [2.45, 2.75) is 19.1 Å². The van der Waals surface area contributed by atoms with E-state index in [2.05, 4.69) is 9.47 Å². The number of benzene rings is 1. The molecule has 0 spiro atoms. The molecule has 0 aliphatic carbocycles. The van der Waals surface area contributed by atoms with Gasteiger partial charge < -0.3 is 18.9 Å². The van der Waals surface area contributed by atoms with Crippen molar-refractivity contribution in [3.63, 3.8) is 0 Å². The lowest BCUT2D eigenvalue weighted by Crippen LogP contribution is -2.50. The van der Waals surface area contributed by atoms with Gasteiger partial charge in [0.2, 0.25) is 12.2 Å². The Labute approximate surface area is 110 Å². The van der Waals surface area contributed by atoms with Gasteiger partial charge in [-0.25, -0.2) is 9.59 Å². The van der Waals surface area contributed by atoms with E-state index in [9.17, 15) is 9.59 Å². The number of esters is 2. The first-order valence-corrected chi connectivity index (χ1v) is 5.66. The molecule has 1 aliphatic rings. The van der Waals surface area contributed by atoms with Crippen molar-refractivity contribution in [3.8, 4) is 11.5 Å². The fourth-order valence-electron chi connectivity index (χ4n) is 1.78. The Hall–Kier alpha value is -2.24. The van der Waals surface area contributed by atoms with E-state index in [1.165, 1.54) is 14.2 Å². The molecule has 0 radical (unpaired) electrons. The van der Waals surface area contributed by atoms with Gasteiger partial charge in [0.1, 0.15) is 0 Å². The maximum atomic E-state index is 11.7. The van der Waals surface area contributed by atoms with Crippen LogP contribution in [0.4, 0.5) is 0 Å². The maximum Gasteiger partial charge on any atom is 0.351 e. The highest BCUT2D eigenvalue weighted by atomic mass is 16.6. The summed E-state index contributed by atoms with van der Waals surface area (Å²) in [7, 11) is 2.43. The van der Waals surface area contributed by atoms with Gasteiger partial charge in [0.15, 0.2) is 11.5 Å². The molecule has 2 atom stereocenters. The van der Waals surface area contributed by atoms with Crippen LogP contribution in [0.5, 0.6) is 11.5 Å². The molecule has 1 aliphatic heterocycles. The summed E-state index contributed by atoms with van der Waals surface area (Å²) in [5.74, 6) is -0.596. The predicted molar refractivity (Wildman–Crippen MR) is 64.0 cm³/mol. The van der Waals surface area contributed by atoms with Crippen LogP contribution in [0.2, 0.25) is 0 Å². The highest BCUT2D eigenvalue weighted by Crippen LogP contribution is 2.35. The zero-order valence-corrected chi connectivity index (χ0v) is 10.8. The third kappa shape index (κ3) is 2.47. The molecule has 0 amide bonds. The lowest BCUT2D eigenvalue weighted by molar-refractivity contribution is -0.168. The summed E-state index contributed by atoms with van der Waals surface area (Å²) in [4.78, 5) is 23.3. The van der Waals surface area contributed by atoms with Crippen molar-refractivity contribution in [1.29, 1.82) is 0 Å². The molecule has 2 unspecified atom stereocenters. The van der Waals surface area contributed by atoms with Gasteiger partial charge in [0.25, 0.3) is 0 Å². The summed E-state index contributed by atoms with van der Waals surface area (Å²) in [5.41, 5.74) is 0.947. The van der Waals surface area contributed by atoms with Crippen LogP contribution in [0.25, 0.3) is 0 Å². The molecule has 6 heteroatoms. The van der Waals surface area contributed by atoms with Crippen LogP contribution in [0, 0.1) is 6.92 Å². The highest BCUT2D eigenvalue weighted by molar-refractivity contribution is 5.86. The molecule has 2 rings (SSSR count). The number of rotatable bonds is 2. The average molecular weight is 266 g/mol. The van der Waals surface area contributed by atoms with Gasteiger partial charge in [0.05, 0.1) is 14.2 Å². The van der Waals surface area contributed by atoms with Crippen molar-refractivity contribution in [2.75, 3.05) is 14.2 Å². The summed E-state index contributed by atoms with van der Waals surface area (Å²) < 4.78 is 20.2. The van der Waals surface area contributed by atoms with Gasteiger partial charge in [-0.1, -0.05) is 6.07 Å². The molecule has 1 aromatic rings. The summed E-state index contributed by atoms with van der Waals surface area (Å²) in [5, 5.41) is 0. The Morgan fingerprint density at radius 1 is 1.00 bits per heavy atom. The number of methoxy groups -OCH3 is 2. The highest BCUT2D eigenvalue weighted by Gasteiger charge is 2.43. The molecule has 0 aromatic heterocycles. The minimum atomic E-state index is -1.17. The topological polar surface area (TPSA) is 71.1 Å². The molecule has 102 valence electrons. The van der Waals surface area contributed by atoms with E-state index in [0.29, 0.717) is 11.5 Å². The van der Waals surface area contributed by atoms with Crippen molar-refractivity contribution in [1.82, 2.24) is 0 Å². The van der Waals surface area contributed by atoms with Crippen LogP contribution in [0.15, 0.2) is 18.2 Å². The van der Waals surface area contributed by atoms with E-state index >= 15 is 0 Å². The van der Waals surface area contributed by atoms with Crippen molar-refractivity contribution >= 4 is 11.9 Å². The summed E-state index contributed by atoms with van der Waals surface area (Å²) in [6, 6.07) is 5.21. The monoisotopic (exact) mass is 266 g/mol. The molecule has 0 saturated carbocycles. The third-order valence-electron chi connectivity index (χ3n) is 2.75. The fraction of sp³-hybridized carbons (Fsp3) is 0.385. The second-order valence-corrected chi connectivity index (χ2v) is 4.07. The number of carbonyl (C=O) groups is 2. The van der Waals surface area contributed by atoms with E-state index < -0.39 is 24.1 Å². The van der Waals surface area contributed by atoms with Gasteiger partial charge in [-0.2, -0.15) is 0 Å².